The van der Waals surface area contributed by atoms with E-state index in [4.69, 9.17) is 32.9 Å². The average molecular weight is 319 g/mol. The number of oxime groups is 1. The third kappa shape index (κ3) is 4.67. The van der Waals surface area contributed by atoms with E-state index in [1.807, 2.05) is 0 Å². The highest BCUT2D eigenvalue weighted by Gasteiger charge is 2.13. The van der Waals surface area contributed by atoms with Gasteiger partial charge in [-0.2, -0.15) is 0 Å². The largest absolute Gasteiger partial charge is 0.399 e. The Balaban J connectivity index is 2.82. The summed E-state index contributed by atoms with van der Waals surface area (Å²) in [5, 5.41) is 5.98. The van der Waals surface area contributed by atoms with Gasteiger partial charge in [0.1, 0.15) is 7.11 Å². The van der Waals surface area contributed by atoms with Gasteiger partial charge in [-0.15, -0.1) is 0 Å². The van der Waals surface area contributed by atoms with Crippen LogP contribution < -0.4 is 0 Å². The number of hydrogen-bond acceptors (Lipinski definition) is 4. The van der Waals surface area contributed by atoms with Gasteiger partial charge in [0.15, 0.2) is 0 Å². The van der Waals surface area contributed by atoms with E-state index in [0.29, 0.717) is 22.2 Å². The molecule has 1 aromatic carbocycles. The zero-order chi connectivity index (χ0) is 15.1. The zero-order valence-electron chi connectivity index (χ0n) is 11.5. The minimum Gasteiger partial charge on any atom is -0.399 e. The molecule has 0 radical (unpaired) electrons. The minimum absolute atomic E-state index is 0.156. The Morgan fingerprint density at radius 3 is 2.50 bits per heavy atom. The van der Waals surface area contributed by atoms with E-state index in [0.717, 1.165) is 5.56 Å². The second kappa shape index (κ2) is 8.09. The molecule has 0 saturated carbocycles. The van der Waals surface area contributed by atoms with E-state index in [1.165, 1.54) is 19.3 Å². The Labute approximate surface area is 128 Å². The lowest BCUT2D eigenvalue weighted by atomic mass is 10.1. The molecule has 0 aliphatic rings. The van der Waals surface area contributed by atoms with Crippen molar-refractivity contribution in [2.24, 2.45) is 5.16 Å². The maximum absolute atomic E-state index is 11.7. The van der Waals surface area contributed by atoms with Crippen molar-refractivity contribution in [3.63, 3.8) is 0 Å². The van der Waals surface area contributed by atoms with Crippen LogP contribution in [0.4, 0.5) is 0 Å². The molecule has 0 unspecified atom stereocenters. The molecule has 0 saturated heterocycles. The van der Waals surface area contributed by atoms with Gasteiger partial charge in [0.2, 0.25) is 5.91 Å². The lowest BCUT2D eigenvalue weighted by Crippen LogP contribution is -2.25. The van der Waals surface area contributed by atoms with Crippen molar-refractivity contribution in [3.8, 4) is 0 Å². The highest BCUT2D eigenvalue weighted by molar-refractivity contribution is 6.42. The van der Waals surface area contributed by atoms with E-state index >= 15 is 0 Å². The second-order valence-corrected chi connectivity index (χ2v) is 4.74. The number of carbonyl (C=O) groups excluding carboxylic acids is 1. The van der Waals surface area contributed by atoms with Gasteiger partial charge in [0.05, 0.1) is 22.9 Å². The molecule has 0 atom stereocenters. The smallest absolute Gasteiger partial charge is 0.246 e. The number of rotatable bonds is 6. The number of hydrogen-bond donors (Lipinski definition) is 0. The van der Waals surface area contributed by atoms with E-state index < -0.39 is 0 Å². The fraction of sp³-hybridized carbons (Fsp3) is 0.385. The molecule has 1 rings (SSSR count). The lowest BCUT2D eigenvalue weighted by Gasteiger charge is -2.14. The monoisotopic (exact) mass is 318 g/mol. The fourth-order valence-corrected chi connectivity index (χ4v) is 1.81. The molecule has 0 aromatic heterocycles. The number of nitrogens with zero attached hydrogens (tertiary/aromatic N) is 2. The first-order chi connectivity index (χ1) is 9.49. The Kier molecular flexibility index (Phi) is 6.78. The minimum atomic E-state index is -0.156. The fourth-order valence-electron chi connectivity index (χ4n) is 1.51. The van der Waals surface area contributed by atoms with Crippen LogP contribution in [0.3, 0.4) is 0 Å². The van der Waals surface area contributed by atoms with Crippen LogP contribution in [-0.2, 0) is 14.5 Å². The van der Waals surface area contributed by atoms with Crippen LogP contribution in [0.5, 0.6) is 0 Å². The van der Waals surface area contributed by atoms with Crippen LogP contribution >= 0.6 is 23.2 Å². The second-order valence-electron chi connectivity index (χ2n) is 3.92. The Hall–Kier alpha value is -1.30. The molecule has 0 fully saturated rings. The summed E-state index contributed by atoms with van der Waals surface area (Å²) in [6, 6.07) is 5.14. The predicted molar refractivity (Wildman–Crippen MR) is 79.0 cm³/mol. The summed E-state index contributed by atoms with van der Waals surface area (Å²) in [5.74, 6) is -0.156. The summed E-state index contributed by atoms with van der Waals surface area (Å²) in [6.45, 7) is 0. The van der Waals surface area contributed by atoms with Crippen LogP contribution in [0.25, 0.3) is 0 Å². The summed E-state index contributed by atoms with van der Waals surface area (Å²) < 4.78 is 0. The third-order valence-electron chi connectivity index (χ3n) is 2.66. The van der Waals surface area contributed by atoms with Crippen molar-refractivity contribution in [2.45, 2.75) is 12.8 Å². The van der Waals surface area contributed by atoms with Crippen LogP contribution in [0, 0.1) is 0 Å². The summed E-state index contributed by atoms with van der Waals surface area (Å²) in [6.07, 6.45) is 0.644. The predicted octanol–water partition coefficient (Wildman–Crippen LogP) is 3.14. The van der Waals surface area contributed by atoms with Gasteiger partial charge in [-0.3, -0.25) is 9.63 Å². The van der Waals surface area contributed by atoms with Crippen molar-refractivity contribution in [2.75, 3.05) is 21.3 Å². The molecule has 0 bridgehead atoms. The summed E-state index contributed by atoms with van der Waals surface area (Å²) in [5.41, 5.74) is 1.37. The van der Waals surface area contributed by atoms with Crippen molar-refractivity contribution in [1.29, 1.82) is 0 Å². The van der Waals surface area contributed by atoms with Gasteiger partial charge >= 0.3 is 0 Å². The van der Waals surface area contributed by atoms with Gasteiger partial charge in [-0.1, -0.05) is 34.4 Å². The topological polar surface area (TPSA) is 51.1 Å². The van der Waals surface area contributed by atoms with Gasteiger partial charge in [-0.25, -0.2) is 5.06 Å². The van der Waals surface area contributed by atoms with Crippen molar-refractivity contribution in [1.82, 2.24) is 5.06 Å². The molecule has 110 valence electrons. The highest BCUT2D eigenvalue weighted by Crippen LogP contribution is 2.23. The third-order valence-corrected chi connectivity index (χ3v) is 3.39. The molecule has 0 aliphatic heterocycles. The number of benzene rings is 1. The first-order valence-electron chi connectivity index (χ1n) is 5.85. The Morgan fingerprint density at radius 2 is 1.95 bits per heavy atom. The van der Waals surface area contributed by atoms with E-state index in [2.05, 4.69) is 5.16 Å². The van der Waals surface area contributed by atoms with E-state index in [1.54, 1.807) is 25.2 Å². The summed E-state index contributed by atoms with van der Waals surface area (Å²) in [7, 11) is 4.43. The molecule has 0 spiro atoms. The SMILES string of the molecule is CO/N=C(/CCC(=O)N(C)OC)c1ccc(Cl)c(Cl)c1. The van der Waals surface area contributed by atoms with Crippen molar-refractivity contribution >= 4 is 34.8 Å². The summed E-state index contributed by atoms with van der Waals surface area (Å²) in [4.78, 5) is 21.3. The average Bonchev–Trinajstić information content (AvgIpc) is 2.45. The van der Waals surface area contributed by atoms with Gasteiger partial charge in [0.25, 0.3) is 0 Å². The molecule has 1 aromatic rings. The van der Waals surface area contributed by atoms with Crippen LogP contribution in [0.1, 0.15) is 18.4 Å². The number of amides is 1. The molecular formula is C13H16Cl2N2O3. The lowest BCUT2D eigenvalue weighted by molar-refractivity contribution is -0.168. The van der Waals surface area contributed by atoms with Crippen molar-refractivity contribution in [3.05, 3.63) is 33.8 Å². The number of halogens is 2. The number of hydroxylamine groups is 2. The molecule has 0 N–H and O–H groups in total. The molecular weight excluding hydrogens is 303 g/mol. The molecule has 7 heteroatoms. The first kappa shape index (κ1) is 16.8. The van der Waals surface area contributed by atoms with Gasteiger partial charge in [0, 0.05) is 25.5 Å². The van der Waals surface area contributed by atoms with Crippen LogP contribution in [-0.4, -0.2) is 37.9 Å². The van der Waals surface area contributed by atoms with E-state index in [9.17, 15) is 4.79 Å². The maximum atomic E-state index is 11.7. The molecule has 0 aliphatic carbocycles. The molecule has 1 amide bonds. The molecule has 0 heterocycles. The highest BCUT2D eigenvalue weighted by atomic mass is 35.5. The molecule has 5 nitrogen and oxygen atoms in total. The standard InChI is InChI=1S/C13H16Cl2N2O3/c1-17(20-3)13(18)7-6-12(16-19-2)9-4-5-10(14)11(15)8-9/h4-5,8H,6-7H2,1-3H3/b16-12-. The number of carbonyl (C=O) groups is 1. The van der Waals surface area contributed by atoms with Gasteiger partial charge < -0.3 is 4.84 Å². The summed E-state index contributed by atoms with van der Waals surface area (Å²) >= 11 is 11.8. The van der Waals surface area contributed by atoms with Crippen LogP contribution in [0.15, 0.2) is 23.4 Å². The van der Waals surface area contributed by atoms with Crippen molar-refractivity contribution < 1.29 is 14.5 Å². The van der Waals surface area contributed by atoms with E-state index in [-0.39, 0.29) is 12.3 Å². The first-order valence-corrected chi connectivity index (χ1v) is 6.61. The Morgan fingerprint density at radius 1 is 1.25 bits per heavy atom. The zero-order valence-corrected chi connectivity index (χ0v) is 13.0. The maximum Gasteiger partial charge on any atom is 0.246 e. The Bertz CT molecular complexity index is 506. The van der Waals surface area contributed by atoms with Gasteiger partial charge in [-0.05, 0) is 12.1 Å². The normalized spacial score (nSPS) is 11.3. The van der Waals surface area contributed by atoms with Crippen LogP contribution in [0.2, 0.25) is 10.0 Å². The molecule has 20 heavy (non-hydrogen) atoms. The quantitative estimate of drug-likeness (QED) is 0.598.